The van der Waals surface area contributed by atoms with Crippen molar-refractivity contribution in [1.82, 2.24) is 15.1 Å². The molecule has 0 aromatic rings. The summed E-state index contributed by atoms with van der Waals surface area (Å²) >= 11 is 0. The maximum absolute atomic E-state index is 11.9. The van der Waals surface area contributed by atoms with E-state index >= 15 is 0 Å². The Balaban J connectivity index is 1.91. The molecule has 1 N–H and O–H groups in total. The van der Waals surface area contributed by atoms with E-state index < -0.39 is 0 Å². The van der Waals surface area contributed by atoms with Gasteiger partial charge in [-0.15, -0.1) is 0 Å². The number of carbonyl (C=O) groups excluding carboxylic acids is 1. The highest BCUT2D eigenvalue weighted by atomic mass is 16.1. The lowest BCUT2D eigenvalue weighted by Crippen LogP contribution is -2.50. The first-order chi connectivity index (χ1) is 13.8. The Morgan fingerprint density at radius 3 is 2.34 bits per heavy atom. The molecule has 0 radical (unpaired) electrons. The molecule has 2 rings (SSSR count). The van der Waals surface area contributed by atoms with Gasteiger partial charge in [0.2, 0.25) is 0 Å². The third-order valence-corrected chi connectivity index (χ3v) is 7.66. The second kappa shape index (κ2) is 10.4. The van der Waals surface area contributed by atoms with Crippen molar-refractivity contribution in [2.24, 2.45) is 16.3 Å². The van der Waals surface area contributed by atoms with E-state index in [4.69, 9.17) is 0 Å². The second-order valence-corrected chi connectivity index (χ2v) is 8.94. The fourth-order valence-electron chi connectivity index (χ4n) is 4.96. The van der Waals surface area contributed by atoms with Crippen LogP contribution in [-0.4, -0.2) is 60.7 Å². The Morgan fingerprint density at radius 1 is 1.21 bits per heavy atom. The average Bonchev–Trinajstić information content (AvgIpc) is 3.26. The largest absolute Gasteiger partial charge is 0.368 e. The molecule has 2 unspecified atom stereocenters. The van der Waals surface area contributed by atoms with Gasteiger partial charge in [0.15, 0.2) is 0 Å². The summed E-state index contributed by atoms with van der Waals surface area (Å²) in [7, 11) is 1.63. The van der Waals surface area contributed by atoms with Gasteiger partial charge in [-0.25, -0.2) is 4.99 Å². The highest BCUT2D eigenvalue weighted by molar-refractivity contribution is 6.02. The van der Waals surface area contributed by atoms with Crippen LogP contribution >= 0.6 is 0 Å². The molecule has 2 fully saturated rings. The highest BCUT2D eigenvalue weighted by Gasteiger charge is 2.39. The Labute approximate surface area is 178 Å². The Hall–Kier alpha value is -1.62. The monoisotopic (exact) mass is 402 g/mol. The SMILES string of the molecule is C=C(C(C)=N/C(=C\C)C(=O)NC)N1CCN(C2CCC(C(C)(CC)CC)C2)CC1. The van der Waals surface area contributed by atoms with Gasteiger partial charge >= 0.3 is 0 Å². The van der Waals surface area contributed by atoms with Crippen molar-refractivity contribution in [2.45, 2.75) is 72.8 Å². The maximum atomic E-state index is 11.9. The Morgan fingerprint density at radius 2 is 1.83 bits per heavy atom. The minimum absolute atomic E-state index is 0.161. The summed E-state index contributed by atoms with van der Waals surface area (Å²) in [5, 5.41) is 2.63. The van der Waals surface area contributed by atoms with E-state index in [1.165, 1.54) is 32.1 Å². The van der Waals surface area contributed by atoms with Gasteiger partial charge in [0.05, 0.1) is 11.4 Å². The number of rotatable bonds is 8. The number of hydrogen-bond donors (Lipinski definition) is 1. The minimum atomic E-state index is -0.161. The van der Waals surface area contributed by atoms with Crippen LogP contribution in [0.3, 0.4) is 0 Å². The van der Waals surface area contributed by atoms with E-state index in [9.17, 15) is 4.79 Å². The molecule has 5 nitrogen and oxygen atoms in total. The standard InChI is InChI=1S/C24H42N4O/c1-8-22(23(29)25-7)26-18(4)19(5)27-13-15-28(16-14-27)21-12-11-20(17-21)24(6,9-2)10-3/h8,20-21H,5,9-17H2,1-4,6-7H3,(H,25,29)/b22-8-,26-18?. The molecule has 0 bridgehead atoms. The summed E-state index contributed by atoms with van der Waals surface area (Å²) in [4.78, 5) is 21.4. The summed E-state index contributed by atoms with van der Waals surface area (Å²) in [6.45, 7) is 19.4. The molecule has 1 saturated carbocycles. The molecule has 0 aromatic heterocycles. The molecule has 2 atom stereocenters. The third kappa shape index (κ3) is 5.50. The molecule has 2 aliphatic rings. The molecular weight excluding hydrogens is 360 g/mol. The van der Waals surface area contributed by atoms with E-state index in [1.54, 1.807) is 13.1 Å². The van der Waals surface area contributed by atoms with Crippen LogP contribution in [0.25, 0.3) is 0 Å². The van der Waals surface area contributed by atoms with Gasteiger partial charge in [0.25, 0.3) is 5.91 Å². The molecular formula is C24H42N4O. The summed E-state index contributed by atoms with van der Waals surface area (Å²) in [6.07, 6.45) is 8.40. The number of likely N-dealkylation sites (N-methyl/N-ethyl adjacent to an activating group) is 1. The molecule has 0 aromatic carbocycles. The predicted octanol–water partition coefficient (Wildman–Crippen LogP) is 4.22. The van der Waals surface area contributed by atoms with Crippen LogP contribution in [0, 0.1) is 11.3 Å². The molecule has 1 heterocycles. The van der Waals surface area contributed by atoms with Crippen LogP contribution in [0.1, 0.15) is 66.7 Å². The third-order valence-electron chi connectivity index (χ3n) is 7.66. The van der Waals surface area contributed by atoms with Crippen molar-refractivity contribution in [2.75, 3.05) is 33.2 Å². The maximum Gasteiger partial charge on any atom is 0.269 e. The van der Waals surface area contributed by atoms with Crippen molar-refractivity contribution < 1.29 is 4.79 Å². The lowest BCUT2D eigenvalue weighted by molar-refractivity contribution is -0.117. The molecule has 29 heavy (non-hydrogen) atoms. The van der Waals surface area contributed by atoms with Gasteiger partial charge in [-0.2, -0.15) is 0 Å². The van der Waals surface area contributed by atoms with Crippen molar-refractivity contribution in [1.29, 1.82) is 0 Å². The summed E-state index contributed by atoms with van der Waals surface area (Å²) < 4.78 is 0. The first-order valence-electron chi connectivity index (χ1n) is 11.4. The van der Waals surface area contributed by atoms with Crippen molar-refractivity contribution >= 4 is 11.6 Å². The number of piperazine rings is 1. The fraction of sp³-hybridized carbons (Fsp3) is 0.750. The fourth-order valence-corrected chi connectivity index (χ4v) is 4.96. The number of carbonyl (C=O) groups is 1. The van der Waals surface area contributed by atoms with Gasteiger partial charge in [0.1, 0.15) is 5.70 Å². The number of amides is 1. The second-order valence-electron chi connectivity index (χ2n) is 8.94. The van der Waals surface area contributed by atoms with Crippen LogP contribution in [0.2, 0.25) is 0 Å². The van der Waals surface area contributed by atoms with E-state index in [0.29, 0.717) is 11.1 Å². The van der Waals surface area contributed by atoms with Gasteiger partial charge in [-0.05, 0) is 44.4 Å². The lowest BCUT2D eigenvalue weighted by atomic mass is 9.72. The van der Waals surface area contributed by atoms with Gasteiger partial charge in [-0.3, -0.25) is 9.69 Å². The zero-order valence-electron chi connectivity index (χ0n) is 19.6. The minimum Gasteiger partial charge on any atom is -0.368 e. The van der Waals surface area contributed by atoms with E-state index in [1.807, 2.05) is 13.8 Å². The zero-order valence-corrected chi connectivity index (χ0v) is 19.6. The molecule has 1 aliphatic carbocycles. The van der Waals surface area contributed by atoms with E-state index in [0.717, 1.165) is 49.5 Å². The summed E-state index contributed by atoms with van der Waals surface area (Å²) in [5.74, 6) is 0.709. The van der Waals surface area contributed by atoms with E-state index in [2.05, 4.69) is 47.5 Å². The quantitative estimate of drug-likeness (QED) is 0.488. The van der Waals surface area contributed by atoms with Crippen LogP contribution in [0.4, 0.5) is 0 Å². The van der Waals surface area contributed by atoms with Crippen molar-refractivity contribution in [3.8, 4) is 0 Å². The van der Waals surface area contributed by atoms with Gasteiger partial charge in [-0.1, -0.05) is 46.3 Å². The van der Waals surface area contributed by atoms with E-state index in [-0.39, 0.29) is 5.91 Å². The van der Waals surface area contributed by atoms with Crippen molar-refractivity contribution in [3.63, 3.8) is 0 Å². The first kappa shape index (κ1) is 23.7. The van der Waals surface area contributed by atoms with Crippen LogP contribution in [-0.2, 0) is 4.79 Å². The molecule has 1 saturated heterocycles. The molecule has 1 amide bonds. The molecule has 5 heteroatoms. The smallest absolute Gasteiger partial charge is 0.269 e. The Bertz CT molecular complexity index is 639. The summed E-state index contributed by atoms with van der Waals surface area (Å²) in [6, 6.07) is 0.741. The summed E-state index contributed by atoms with van der Waals surface area (Å²) in [5.41, 5.74) is 2.70. The lowest BCUT2D eigenvalue weighted by Gasteiger charge is -2.40. The number of allylic oxidation sites excluding steroid dienone is 2. The Kier molecular flexibility index (Phi) is 8.50. The van der Waals surface area contributed by atoms with Crippen molar-refractivity contribution in [3.05, 3.63) is 24.0 Å². The van der Waals surface area contributed by atoms with Crippen LogP contribution in [0.15, 0.2) is 29.0 Å². The first-order valence-corrected chi connectivity index (χ1v) is 11.4. The predicted molar refractivity (Wildman–Crippen MR) is 123 cm³/mol. The van der Waals surface area contributed by atoms with Crippen LogP contribution in [0.5, 0.6) is 0 Å². The molecule has 0 spiro atoms. The molecule has 164 valence electrons. The van der Waals surface area contributed by atoms with Gasteiger partial charge < -0.3 is 10.2 Å². The number of nitrogens with one attached hydrogen (secondary N) is 1. The molecule has 1 aliphatic heterocycles. The normalized spacial score (nSPS) is 24.7. The topological polar surface area (TPSA) is 47.9 Å². The van der Waals surface area contributed by atoms with Gasteiger partial charge in [0, 0.05) is 39.3 Å². The number of aliphatic imine (C=N–C) groups is 1. The van der Waals surface area contributed by atoms with Crippen LogP contribution < -0.4 is 5.32 Å². The zero-order chi connectivity index (χ0) is 21.6. The highest BCUT2D eigenvalue weighted by Crippen LogP contribution is 2.45. The average molecular weight is 403 g/mol. The number of nitrogens with zero attached hydrogens (tertiary/aromatic N) is 3. The number of hydrogen-bond acceptors (Lipinski definition) is 4.